The van der Waals surface area contributed by atoms with Crippen molar-refractivity contribution in [1.29, 1.82) is 0 Å². The Morgan fingerprint density at radius 2 is 1.37 bits per heavy atom. The first-order valence-electron chi connectivity index (χ1n) is 11.9. The van der Waals surface area contributed by atoms with Crippen molar-refractivity contribution in [2.24, 2.45) is 5.92 Å². The standard InChI is InChI=1S/C24H44O6/c1-19(2)14-11-9-7-6-8-10-12-17-27-22(25)28-20-15-13-16-21(18-20)29-23(26)30-24(3,4)5/h19-21H,6-18H2,1-5H3. The fraction of sp³-hybridized carbons (Fsp3) is 0.917. The molecule has 1 aliphatic rings. The van der Waals surface area contributed by atoms with E-state index >= 15 is 0 Å². The third-order valence-electron chi connectivity index (χ3n) is 5.14. The monoisotopic (exact) mass is 428 g/mol. The van der Waals surface area contributed by atoms with Crippen molar-refractivity contribution in [1.82, 2.24) is 0 Å². The van der Waals surface area contributed by atoms with Crippen LogP contribution in [0.3, 0.4) is 0 Å². The lowest BCUT2D eigenvalue weighted by Crippen LogP contribution is -2.33. The Kier molecular flexibility index (Phi) is 12.9. The average molecular weight is 429 g/mol. The number of carbonyl (C=O) groups is 2. The van der Waals surface area contributed by atoms with E-state index in [-0.39, 0.29) is 12.2 Å². The van der Waals surface area contributed by atoms with Crippen molar-refractivity contribution in [3.63, 3.8) is 0 Å². The molecule has 0 N–H and O–H groups in total. The predicted molar refractivity (Wildman–Crippen MR) is 118 cm³/mol. The van der Waals surface area contributed by atoms with E-state index in [0.717, 1.165) is 38.0 Å². The highest BCUT2D eigenvalue weighted by Gasteiger charge is 2.29. The van der Waals surface area contributed by atoms with Crippen molar-refractivity contribution in [3.8, 4) is 0 Å². The minimum atomic E-state index is -0.671. The van der Waals surface area contributed by atoms with Crippen molar-refractivity contribution < 1.29 is 28.5 Å². The number of carbonyl (C=O) groups excluding carboxylic acids is 2. The van der Waals surface area contributed by atoms with Gasteiger partial charge in [-0.2, -0.15) is 0 Å². The summed E-state index contributed by atoms with van der Waals surface area (Å²) in [5.74, 6) is 0.805. The van der Waals surface area contributed by atoms with Gasteiger partial charge in [-0.25, -0.2) is 9.59 Å². The van der Waals surface area contributed by atoms with E-state index in [1.807, 2.05) is 0 Å². The summed E-state index contributed by atoms with van der Waals surface area (Å²) >= 11 is 0. The molecule has 176 valence electrons. The molecule has 6 heteroatoms. The van der Waals surface area contributed by atoms with E-state index < -0.39 is 17.9 Å². The first kappa shape index (κ1) is 26.6. The Bertz CT molecular complexity index is 483. The van der Waals surface area contributed by atoms with E-state index in [9.17, 15) is 9.59 Å². The minimum absolute atomic E-state index is 0.274. The molecule has 2 unspecified atom stereocenters. The van der Waals surface area contributed by atoms with Crippen LogP contribution in [-0.2, 0) is 18.9 Å². The molecule has 30 heavy (non-hydrogen) atoms. The normalized spacial score (nSPS) is 19.4. The third-order valence-corrected chi connectivity index (χ3v) is 5.14. The maximum absolute atomic E-state index is 11.9. The smallest absolute Gasteiger partial charge is 0.434 e. The van der Waals surface area contributed by atoms with Crippen LogP contribution < -0.4 is 0 Å². The summed E-state index contributed by atoms with van der Waals surface area (Å²) < 4.78 is 21.1. The minimum Gasteiger partial charge on any atom is -0.434 e. The van der Waals surface area contributed by atoms with Gasteiger partial charge in [-0.15, -0.1) is 0 Å². The second kappa shape index (κ2) is 14.5. The number of unbranched alkanes of at least 4 members (excludes halogenated alkanes) is 6. The van der Waals surface area contributed by atoms with Crippen LogP contribution in [0, 0.1) is 5.92 Å². The molecule has 0 aliphatic heterocycles. The fourth-order valence-electron chi connectivity index (χ4n) is 3.59. The second-order valence-electron chi connectivity index (χ2n) is 9.87. The molecule has 2 atom stereocenters. The zero-order valence-corrected chi connectivity index (χ0v) is 19.9. The molecule has 6 nitrogen and oxygen atoms in total. The maximum atomic E-state index is 11.9. The van der Waals surface area contributed by atoms with Gasteiger partial charge in [-0.1, -0.05) is 58.8 Å². The number of ether oxygens (including phenoxy) is 4. The van der Waals surface area contributed by atoms with Crippen LogP contribution in [0.2, 0.25) is 0 Å². The lowest BCUT2D eigenvalue weighted by Gasteiger charge is -2.29. The molecule has 0 spiro atoms. The van der Waals surface area contributed by atoms with E-state index in [4.69, 9.17) is 18.9 Å². The van der Waals surface area contributed by atoms with Gasteiger partial charge in [0, 0.05) is 6.42 Å². The van der Waals surface area contributed by atoms with Crippen LogP contribution in [0.1, 0.15) is 112 Å². The average Bonchev–Trinajstić information content (AvgIpc) is 2.61. The van der Waals surface area contributed by atoms with Crippen molar-refractivity contribution >= 4 is 12.3 Å². The molecule has 1 fully saturated rings. The molecule has 0 aromatic heterocycles. The van der Waals surface area contributed by atoms with Gasteiger partial charge in [0.2, 0.25) is 0 Å². The molecule has 1 aliphatic carbocycles. The van der Waals surface area contributed by atoms with Gasteiger partial charge in [0.15, 0.2) is 0 Å². The van der Waals surface area contributed by atoms with Crippen molar-refractivity contribution in [2.45, 2.75) is 129 Å². The quantitative estimate of drug-likeness (QED) is 0.242. The largest absolute Gasteiger partial charge is 0.509 e. The van der Waals surface area contributed by atoms with E-state index in [1.165, 1.54) is 38.5 Å². The first-order valence-corrected chi connectivity index (χ1v) is 11.9. The lowest BCUT2D eigenvalue weighted by atomic mass is 9.95. The Morgan fingerprint density at radius 3 is 1.93 bits per heavy atom. The summed E-state index contributed by atoms with van der Waals surface area (Å²) in [5.41, 5.74) is -0.584. The van der Waals surface area contributed by atoms with Gasteiger partial charge in [0.1, 0.15) is 17.8 Å². The number of hydrogen-bond acceptors (Lipinski definition) is 6. The Morgan fingerprint density at radius 1 is 0.833 bits per heavy atom. The second-order valence-corrected chi connectivity index (χ2v) is 9.87. The highest BCUT2D eigenvalue weighted by Crippen LogP contribution is 2.25. The van der Waals surface area contributed by atoms with E-state index in [0.29, 0.717) is 13.0 Å². The predicted octanol–water partition coefficient (Wildman–Crippen LogP) is 7.18. The zero-order chi connectivity index (χ0) is 22.4. The third kappa shape index (κ3) is 14.5. The topological polar surface area (TPSA) is 71.1 Å². The Balaban J connectivity index is 2.06. The molecule has 0 heterocycles. The van der Waals surface area contributed by atoms with E-state index in [2.05, 4.69) is 13.8 Å². The molecular weight excluding hydrogens is 384 g/mol. The lowest BCUT2D eigenvalue weighted by molar-refractivity contribution is -0.0548. The molecule has 0 amide bonds. The summed E-state index contributed by atoms with van der Waals surface area (Å²) in [6, 6.07) is 0. The van der Waals surface area contributed by atoms with Crippen LogP contribution in [0.5, 0.6) is 0 Å². The van der Waals surface area contributed by atoms with Crippen LogP contribution in [0.15, 0.2) is 0 Å². The molecule has 1 rings (SSSR count). The molecule has 0 bridgehead atoms. The van der Waals surface area contributed by atoms with Crippen LogP contribution in [0.4, 0.5) is 9.59 Å². The highest BCUT2D eigenvalue weighted by atomic mass is 16.7. The first-order chi connectivity index (χ1) is 14.2. The number of rotatable bonds is 12. The fourth-order valence-corrected chi connectivity index (χ4v) is 3.59. The van der Waals surface area contributed by atoms with Gasteiger partial charge in [-0.3, -0.25) is 0 Å². The zero-order valence-electron chi connectivity index (χ0n) is 19.9. The molecule has 0 saturated heterocycles. The summed E-state index contributed by atoms with van der Waals surface area (Å²) in [4.78, 5) is 23.7. The summed E-state index contributed by atoms with van der Waals surface area (Å²) in [7, 11) is 0. The van der Waals surface area contributed by atoms with Crippen LogP contribution in [-0.4, -0.2) is 36.7 Å². The van der Waals surface area contributed by atoms with Crippen molar-refractivity contribution in [3.05, 3.63) is 0 Å². The molecule has 0 radical (unpaired) electrons. The van der Waals surface area contributed by atoms with E-state index in [1.54, 1.807) is 20.8 Å². The van der Waals surface area contributed by atoms with Gasteiger partial charge < -0.3 is 18.9 Å². The molecule has 0 aromatic rings. The Labute approximate surface area is 183 Å². The SMILES string of the molecule is CC(C)CCCCCCCCCOC(=O)OC1CCCC(OC(=O)OC(C)(C)C)C1. The van der Waals surface area contributed by atoms with Gasteiger partial charge in [0.05, 0.1) is 6.61 Å². The Hall–Kier alpha value is -1.46. The number of hydrogen-bond donors (Lipinski definition) is 0. The van der Waals surface area contributed by atoms with Gasteiger partial charge in [-0.05, 0) is 52.4 Å². The molecular formula is C24H44O6. The maximum Gasteiger partial charge on any atom is 0.509 e. The summed E-state index contributed by atoms with van der Waals surface area (Å²) in [6.45, 7) is 10.3. The van der Waals surface area contributed by atoms with Crippen LogP contribution >= 0.6 is 0 Å². The van der Waals surface area contributed by atoms with Crippen LogP contribution in [0.25, 0.3) is 0 Å². The highest BCUT2D eigenvalue weighted by molar-refractivity contribution is 5.61. The van der Waals surface area contributed by atoms with Crippen molar-refractivity contribution in [2.75, 3.05) is 6.61 Å². The van der Waals surface area contributed by atoms with Gasteiger partial charge >= 0.3 is 12.3 Å². The van der Waals surface area contributed by atoms with Gasteiger partial charge in [0.25, 0.3) is 0 Å². The summed E-state index contributed by atoms with van der Waals surface area (Å²) in [6.07, 6.45) is 10.7. The summed E-state index contributed by atoms with van der Waals surface area (Å²) in [5, 5.41) is 0. The molecule has 0 aromatic carbocycles. The molecule has 1 saturated carbocycles.